The first kappa shape index (κ1) is 22.0. The maximum atomic E-state index is 13.0. The molecule has 0 radical (unpaired) electrons. The second kappa shape index (κ2) is 10.3. The molecule has 27 heavy (non-hydrogen) atoms. The van der Waals surface area contributed by atoms with Crippen molar-refractivity contribution < 1.29 is 19.0 Å². The highest BCUT2D eigenvalue weighted by atomic mass is 35.5. The van der Waals surface area contributed by atoms with Crippen LogP contribution in [0.1, 0.15) is 52.9 Å². The number of amides is 1. The minimum atomic E-state index is -0.739. The maximum Gasteiger partial charge on any atom is 0.256 e. The van der Waals surface area contributed by atoms with E-state index in [1.807, 2.05) is 6.92 Å². The Hall–Kier alpha value is -1.30. The van der Waals surface area contributed by atoms with Gasteiger partial charge < -0.3 is 19.5 Å². The van der Waals surface area contributed by atoms with Gasteiger partial charge in [-0.25, -0.2) is 0 Å². The van der Waals surface area contributed by atoms with Crippen LogP contribution in [0.5, 0.6) is 5.75 Å². The first-order chi connectivity index (χ1) is 12.9. The number of hydrogen-bond donors (Lipinski definition) is 1. The Balaban J connectivity index is 2.07. The average Bonchev–Trinajstić information content (AvgIpc) is 2.64. The summed E-state index contributed by atoms with van der Waals surface area (Å²) in [4.78, 5) is 13.0. The quantitative estimate of drug-likeness (QED) is 0.632. The lowest BCUT2D eigenvalue weighted by Gasteiger charge is -2.38. The van der Waals surface area contributed by atoms with Crippen LogP contribution < -0.4 is 10.1 Å². The fraction of sp³-hybridized carbons (Fsp3) is 0.667. The second-order valence-electron chi connectivity index (χ2n) is 7.51. The van der Waals surface area contributed by atoms with Crippen LogP contribution in [0.3, 0.4) is 0 Å². The zero-order chi connectivity index (χ0) is 19.9. The molecule has 152 valence electrons. The summed E-state index contributed by atoms with van der Waals surface area (Å²) in [5.74, 6) is 1.12. The largest absolute Gasteiger partial charge is 0.487 e. The van der Waals surface area contributed by atoms with Crippen LogP contribution in [0.4, 0.5) is 5.69 Å². The summed E-state index contributed by atoms with van der Waals surface area (Å²) in [6.07, 6.45) is 4.29. The molecule has 0 unspecified atom stereocenters. The fourth-order valence-electron chi connectivity index (χ4n) is 3.37. The summed E-state index contributed by atoms with van der Waals surface area (Å²) in [7, 11) is 1.63. The van der Waals surface area contributed by atoms with Crippen molar-refractivity contribution in [2.75, 3.05) is 25.6 Å². The molecule has 0 aromatic heterocycles. The van der Waals surface area contributed by atoms with Crippen LogP contribution in [-0.4, -0.2) is 37.9 Å². The Morgan fingerprint density at radius 2 is 2.07 bits per heavy atom. The number of ether oxygens (including phenoxy) is 3. The zero-order valence-electron chi connectivity index (χ0n) is 16.8. The van der Waals surface area contributed by atoms with E-state index in [0.29, 0.717) is 35.6 Å². The summed E-state index contributed by atoms with van der Waals surface area (Å²) in [6, 6.07) is 5.29. The van der Waals surface area contributed by atoms with Gasteiger partial charge in [0.25, 0.3) is 5.91 Å². The van der Waals surface area contributed by atoms with Crippen LogP contribution in [0.2, 0.25) is 5.02 Å². The molecule has 1 aromatic carbocycles. The Morgan fingerprint density at radius 1 is 1.37 bits per heavy atom. The van der Waals surface area contributed by atoms with Gasteiger partial charge in [0.05, 0.1) is 11.6 Å². The first-order valence-electron chi connectivity index (χ1n) is 9.80. The molecule has 1 amide bonds. The number of methoxy groups -OCH3 is 1. The van der Waals surface area contributed by atoms with Crippen LogP contribution in [-0.2, 0) is 14.3 Å². The van der Waals surface area contributed by atoms with E-state index in [1.54, 1.807) is 25.3 Å². The molecule has 1 saturated carbocycles. The number of halogens is 1. The Morgan fingerprint density at radius 3 is 2.67 bits per heavy atom. The molecule has 0 spiro atoms. The minimum Gasteiger partial charge on any atom is -0.487 e. The number of carbonyl (C=O) groups excluding carboxylic acids is 1. The molecule has 1 aromatic rings. The van der Waals surface area contributed by atoms with Crippen LogP contribution in [0, 0.1) is 5.92 Å². The number of nitrogens with one attached hydrogen (secondary N) is 1. The smallest absolute Gasteiger partial charge is 0.256 e. The van der Waals surface area contributed by atoms with E-state index in [4.69, 9.17) is 25.8 Å². The molecular formula is C21H32ClNO4. The lowest BCUT2D eigenvalue weighted by molar-refractivity contribution is -0.147. The zero-order valence-corrected chi connectivity index (χ0v) is 17.6. The predicted molar refractivity (Wildman–Crippen MR) is 109 cm³/mol. The summed E-state index contributed by atoms with van der Waals surface area (Å²) in [6.45, 7) is 7.26. The SMILES string of the molecule is CCCOC1(C(=O)Nc2ccc(O[C@@H](C)COC)c(Cl)c2)CCC(C)CC1. The van der Waals surface area contributed by atoms with E-state index >= 15 is 0 Å². The third-order valence-corrected chi connectivity index (χ3v) is 5.29. The summed E-state index contributed by atoms with van der Waals surface area (Å²) < 4.78 is 16.9. The van der Waals surface area contributed by atoms with Gasteiger partial charge in [0.15, 0.2) is 0 Å². The van der Waals surface area contributed by atoms with Crippen molar-refractivity contribution in [3.05, 3.63) is 23.2 Å². The van der Waals surface area contributed by atoms with E-state index in [9.17, 15) is 4.79 Å². The Kier molecular flexibility index (Phi) is 8.39. The van der Waals surface area contributed by atoms with Gasteiger partial charge in [-0.1, -0.05) is 25.4 Å². The van der Waals surface area contributed by atoms with E-state index in [1.165, 1.54) is 0 Å². The standard InChI is InChI=1S/C21H32ClNO4/c1-5-12-26-21(10-8-15(2)9-11-21)20(24)23-17-6-7-19(18(22)13-17)27-16(3)14-25-4/h6-7,13,15-16H,5,8-12,14H2,1-4H3,(H,23,24)/t15?,16-,21?/m0/s1. The monoisotopic (exact) mass is 397 g/mol. The Labute approximate surface area is 167 Å². The highest BCUT2D eigenvalue weighted by molar-refractivity contribution is 6.32. The third-order valence-electron chi connectivity index (χ3n) is 5.00. The van der Waals surface area contributed by atoms with Crippen molar-refractivity contribution in [1.29, 1.82) is 0 Å². The lowest BCUT2D eigenvalue weighted by atomic mass is 9.78. The molecule has 1 fully saturated rings. The van der Waals surface area contributed by atoms with Gasteiger partial charge in [-0.2, -0.15) is 0 Å². The summed E-state index contributed by atoms with van der Waals surface area (Å²) in [5, 5.41) is 3.45. The normalized spacial score (nSPS) is 23.7. The topological polar surface area (TPSA) is 56.8 Å². The number of rotatable bonds is 9. The Bertz CT molecular complexity index is 609. The van der Waals surface area contributed by atoms with E-state index < -0.39 is 5.60 Å². The average molecular weight is 398 g/mol. The van der Waals surface area contributed by atoms with Gasteiger partial charge in [0.2, 0.25) is 0 Å². The lowest BCUT2D eigenvalue weighted by Crippen LogP contribution is -2.48. The number of anilines is 1. The predicted octanol–water partition coefficient (Wildman–Crippen LogP) is 5.07. The van der Waals surface area contributed by atoms with Gasteiger partial charge >= 0.3 is 0 Å². The van der Waals surface area contributed by atoms with E-state index in [-0.39, 0.29) is 12.0 Å². The van der Waals surface area contributed by atoms with Crippen LogP contribution >= 0.6 is 11.6 Å². The minimum absolute atomic E-state index is 0.0830. The molecule has 1 aliphatic rings. The molecule has 6 heteroatoms. The maximum absolute atomic E-state index is 13.0. The van der Waals surface area contributed by atoms with E-state index in [0.717, 1.165) is 32.1 Å². The third kappa shape index (κ3) is 6.09. The van der Waals surface area contributed by atoms with Gasteiger partial charge in [-0.15, -0.1) is 0 Å². The number of benzene rings is 1. The van der Waals surface area contributed by atoms with Crippen molar-refractivity contribution in [3.8, 4) is 5.75 Å². The summed E-state index contributed by atoms with van der Waals surface area (Å²) in [5.41, 5.74) is -0.0909. The molecule has 1 atom stereocenters. The fourth-order valence-corrected chi connectivity index (χ4v) is 3.59. The molecule has 1 aliphatic carbocycles. The van der Waals surface area contributed by atoms with Gasteiger partial charge in [0, 0.05) is 19.4 Å². The van der Waals surface area contributed by atoms with Crippen LogP contribution in [0.25, 0.3) is 0 Å². The van der Waals surface area contributed by atoms with Crippen molar-refractivity contribution >= 4 is 23.2 Å². The number of hydrogen-bond acceptors (Lipinski definition) is 4. The molecule has 0 heterocycles. The van der Waals surface area contributed by atoms with Crippen LogP contribution in [0.15, 0.2) is 18.2 Å². The van der Waals surface area contributed by atoms with Crippen molar-refractivity contribution in [3.63, 3.8) is 0 Å². The second-order valence-corrected chi connectivity index (χ2v) is 7.92. The van der Waals surface area contributed by atoms with Gasteiger partial charge in [-0.05, 0) is 63.1 Å². The highest BCUT2D eigenvalue weighted by Gasteiger charge is 2.42. The molecular weight excluding hydrogens is 366 g/mol. The van der Waals surface area contributed by atoms with Gasteiger partial charge in [-0.3, -0.25) is 4.79 Å². The molecule has 0 saturated heterocycles. The van der Waals surface area contributed by atoms with Crippen molar-refractivity contribution in [2.24, 2.45) is 5.92 Å². The molecule has 0 aliphatic heterocycles. The molecule has 0 bridgehead atoms. The molecule has 2 rings (SSSR count). The number of carbonyl (C=O) groups is 1. The van der Waals surface area contributed by atoms with Gasteiger partial charge in [0.1, 0.15) is 17.5 Å². The van der Waals surface area contributed by atoms with Crippen molar-refractivity contribution in [1.82, 2.24) is 0 Å². The molecule has 1 N–H and O–H groups in total. The first-order valence-corrected chi connectivity index (χ1v) is 10.2. The van der Waals surface area contributed by atoms with Crippen molar-refractivity contribution in [2.45, 2.75) is 64.6 Å². The molecule has 5 nitrogen and oxygen atoms in total. The van der Waals surface area contributed by atoms with E-state index in [2.05, 4.69) is 19.2 Å². The highest BCUT2D eigenvalue weighted by Crippen LogP contribution is 2.36. The summed E-state index contributed by atoms with van der Waals surface area (Å²) >= 11 is 6.33.